The van der Waals surface area contributed by atoms with E-state index < -0.39 is 14.9 Å². The Bertz CT molecular complexity index is 1330. The lowest BCUT2D eigenvalue weighted by atomic mass is 10.0. The van der Waals surface area contributed by atoms with Crippen LogP contribution in [0.1, 0.15) is 28.4 Å². The Labute approximate surface area is 193 Å². The van der Waals surface area contributed by atoms with Crippen LogP contribution < -0.4 is 10.0 Å². The second-order valence-corrected chi connectivity index (χ2v) is 10.0. The summed E-state index contributed by atoms with van der Waals surface area (Å²) in [4.78, 5) is 23.2. The summed E-state index contributed by atoms with van der Waals surface area (Å²) in [7, 11) is -4.06. The predicted molar refractivity (Wildman–Crippen MR) is 122 cm³/mol. The van der Waals surface area contributed by atoms with Gasteiger partial charge in [-0.25, -0.2) is 12.8 Å². The van der Waals surface area contributed by atoms with E-state index in [4.69, 9.17) is 0 Å². The molecule has 8 nitrogen and oxygen atoms in total. The summed E-state index contributed by atoms with van der Waals surface area (Å²) in [6.07, 6.45) is 0.661. The van der Waals surface area contributed by atoms with Gasteiger partial charge in [-0.2, -0.15) is 0 Å². The number of benzene rings is 3. The molecular weight excluding hydrogens is 469 g/mol. The van der Waals surface area contributed by atoms with E-state index in [2.05, 4.69) is 10.0 Å². The lowest BCUT2D eigenvalue weighted by Crippen LogP contribution is -2.30. The van der Waals surface area contributed by atoms with Gasteiger partial charge >= 0.3 is 0 Å². The van der Waals surface area contributed by atoms with Crippen LogP contribution in [0.2, 0.25) is 0 Å². The van der Waals surface area contributed by atoms with Crippen LogP contribution in [0, 0.1) is 15.9 Å². The largest absolute Gasteiger partial charge is 0.345 e. The monoisotopic (exact) mass is 487 g/mol. The minimum atomic E-state index is -4.06. The van der Waals surface area contributed by atoms with Crippen LogP contribution in [0.25, 0.3) is 0 Å². The quantitative estimate of drug-likeness (QED) is 0.390. The minimum Gasteiger partial charge on any atom is -0.345 e. The molecule has 0 radical (unpaired) electrons. The van der Waals surface area contributed by atoms with E-state index in [1.807, 2.05) is 0 Å². The molecule has 0 saturated carbocycles. The number of nitrogens with one attached hydrogen (secondary N) is 2. The number of amides is 1. The fourth-order valence-corrected chi connectivity index (χ4v) is 5.68. The van der Waals surface area contributed by atoms with Crippen LogP contribution in [0.3, 0.4) is 0 Å². The molecular formula is C22H18FN3O5S2. The predicted octanol–water partition coefficient (Wildman–Crippen LogP) is 4.50. The summed E-state index contributed by atoms with van der Waals surface area (Å²) in [6, 6.07) is 15.0. The van der Waals surface area contributed by atoms with Crippen molar-refractivity contribution < 1.29 is 22.5 Å². The molecule has 0 bridgehead atoms. The smallest absolute Gasteiger partial charge is 0.270 e. The third kappa shape index (κ3) is 4.99. The normalized spacial score (nSPS) is 15.4. The molecule has 0 aromatic heterocycles. The van der Waals surface area contributed by atoms with Crippen molar-refractivity contribution in [1.29, 1.82) is 0 Å². The molecule has 1 unspecified atom stereocenters. The van der Waals surface area contributed by atoms with Gasteiger partial charge in [0, 0.05) is 34.0 Å². The molecule has 0 aliphatic carbocycles. The van der Waals surface area contributed by atoms with E-state index in [0.29, 0.717) is 22.6 Å². The fraction of sp³-hybridized carbons (Fsp3) is 0.136. The van der Waals surface area contributed by atoms with Gasteiger partial charge in [-0.05, 0) is 48.4 Å². The lowest BCUT2D eigenvalue weighted by Gasteiger charge is -2.26. The highest BCUT2D eigenvalue weighted by Crippen LogP contribution is 2.37. The molecule has 1 amide bonds. The molecule has 1 aliphatic heterocycles. The minimum absolute atomic E-state index is 0.194. The molecule has 1 atom stereocenters. The van der Waals surface area contributed by atoms with Crippen LogP contribution in [0.15, 0.2) is 76.5 Å². The van der Waals surface area contributed by atoms with Crippen molar-refractivity contribution in [2.45, 2.75) is 22.3 Å². The Kier molecular flexibility index (Phi) is 6.34. The topological polar surface area (TPSA) is 118 Å². The number of rotatable bonds is 6. The number of hydrogen-bond acceptors (Lipinski definition) is 6. The van der Waals surface area contributed by atoms with E-state index in [9.17, 15) is 27.7 Å². The number of hydrogen-bond donors (Lipinski definition) is 2. The van der Waals surface area contributed by atoms with Crippen LogP contribution in [-0.2, 0) is 10.0 Å². The SMILES string of the molecule is O=C(NC1CCSc2c(F)cccc21)c1ccc(NS(=O)(=O)c2cccc([N+](=O)[O-])c2)cc1. The van der Waals surface area contributed by atoms with Gasteiger partial charge in [0.2, 0.25) is 0 Å². The fourth-order valence-electron chi connectivity index (χ4n) is 3.45. The molecule has 1 aliphatic rings. The number of sulfonamides is 1. The zero-order valence-electron chi connectivity index (χ0n) is 17.0. The van der Waals surface area contributed by atoms with Crippen molar-refractivity contribution in [3.05, 3.63) is 93.8 Å². The van der Waals surface area contributed by atoms with Gasteiger partial charge in [-0.3, -0.25) is 19.6 Å². The summed E-state index contributed by atoms with van der Waals surface area (Å²) in [5.74, 6) is 0.00378. The van der Waals surface area contributed by atoms with Crippen molar-refractivity contribution in [3.8, 4) is 0 Å². The Morgan fingerprint density at radius 1 is 1.09 bits per heavy atom. The maximum absolute atomic E-state index is 14.0. The maximum atomic E-state index is 14.0. The van der Waals surface area contributed by atoms with Gasteiger partial charge in [-0.15, -0.1) is 11.8 Å². The number of halogens is 1. The molecule has 1 heterocycles. The molecule has 0 spiro atoms. The molecule has 33 heavy (non-hydrogen) atoms. The number of nitro groups is 1. The first-order valence-electron chi connectivity index (χ1n) is 9.84. The number of non-ortho nitro benzene ring substituents is 1. The number of carbonyl (C=O) groups is 1. The van der Waals surface area contributed by atoms with Gasteiger partial charge in [-0.1, -0.05) is 18.2 Å². The standard InChI is InChI=1S/C22H18FN3O5S2/c23-19-6-2-5-18-20(11-12-32-21(18)19)24-22(27)14-7-9-15(10-8-14)25-33(30,31)17-4-1-3-16(13-17)26(28)29/h1-10,13,20,25H,11-12H2,(H,24,27). The van der Waals surface area contributed by atoms with Crippen molar-refractivity contribution in [2.75, 3.05) is 10.5 Å². The molecule has 170 valence electrons. The van der Waals surface area contributed by atoms with E-state index >= 15 is 0 Å². The van der Waals surface area contributed by atoms with E-state index in [-0.39, 0.29) is 34.0 Å². The summed E-state index contributed by atoms with van der Waals surface area (Å²) < 4.78 is 41.5. The Hall–Kier alpha value is -3.44. The van der Waals surface area contributed by atoms with Crippen molar-refractivity contribution in [1.82, 2.24) is 5.32 Å². The highest BCUT2D eigenvalue weighted by molar-refractivity contribution is 7.99. The first-order valence-corrected chi connectivity index (χ1v) is 12.3. The Balaban J connectivity index is 1.47. The number of nitro benzene ring substituents is 1. The second-order valence-electron chi connectivity index (χ2n) is 7.26. The third-order valence-electron chi connectivity index (χ3n) is 5.07. The number of nitrogens with zero attached hydrogens (tertiary/aromatic N) is 1. The zero-order chi connectivity index (χ0) is 23.6. The average Bonchev–Trinajstić information content (AvgIpc) is 2.80. The van der Waals surface area contributed by atoms with Gasteiger partial charge in [0.15, 0.2) is 0 Å². The van der Waals surface area contributed by atoms with Gasteiger partial charge in [0.1, 0.15) is 5.82 Å². The molecule has 11 heteroatoms. The number of carbonyl (C=O) groups excluding carboxylic acids is 1. The first-order chi connectivity index (χ1) is 15.7. The summed E-state index contributed by atoms with van der Waals surface area (Å²) in [5.41, 5.74) is 0.900. The second kappa shape index (κ2) is 9.20. The van der Waals surface area contributed by atoms with E-state index in [1.165, 1.54) is 60.3 Å². The summed E-state index contributed by atoms with van der Waals surface area (Å²) >= 11 is 1.42. The lowest BCUT2D eigenvalue weighted by molar-refractivity contribution is -0.385. The van der Waals surface area contributed by atoms with Crippen LogP contribution in [0.5, 0.6) is 0 Å². The summed E-state index contributed by atoms with van der Waals surface area (Å²) in [5, 5.41) is 13.8. The molecule has 0 saturated heterocycles. The molecule has 3 aromatic rings. The molecule has 4 rings (SSSR count). The number of fused-ring (bicyclic) bond motifs is 1. The molecule has 0 fully saturated rings. The Morgan fingerprint density at radius 3 is 2.55 bits per heavy atom. The van der Waals surface area contributed by atoms with Crippen molar-refractivity contribution in [2.24, 2.45) is 0 Å². The molecule has 2 N–H and O–H groups in total. The van der Waals surface area contributed by atoms with Gasteiger partial charge in [0.05, 0.1) is 15.9 Å². The highest BCUT2D eigenvalue weighted by atomic mass is 32.2. The van der Waals surface area contributed by atoms with Crippen molar-refractivity contribution >= 4 is 39.1 Å². The van der Waals surface area contributed by atoms with Gasteiger partial charge < -0.3 is 5.32 Å². The van der Waals surface area contributed by atoms with E-state index in [1.54, 1.807) is 12.1 Å². The summed E-state index contributed by atoms with van der Waals surface area (Å²) in [6.45, 7) is 0. The van der Waals surface area contributed by atoms with Crippen molar-refractivity contribution in [3.63, 3.8) is 0 Å². The molecule has 3 aromatic carbocycles. The van der Waals surface area contributed by atoms with Crippen LogP contribution in [-0.4, -0.2) is 25.0 Å². The number of anilines is 1. The van der Waals surface area contributed by atoms with Crippen LogP contribution in [0.4, 0.5) is 15.8 Å². The highest BCUT2D eigenvalue weighted by Gasteiger charge is 2.25. The average molecular weight is 488 g/mol. The van der Waals surface area contributed by atoms with E-state index in [0.717, 1.165) is 11.6 Å². The van der Waals surface area contributed by atoms with Crippen LogP contribution >= 0.6 is 11.8 Å². The first kappa shape index (κ1) is 22.7. The zero-order valence-corrected chi connectivity index (χ0v) is 18.7. The van der Waals surface area contributed by atoms with Gasteiger partial charge in [0.25, 0.3) is 21.6 Å². The maximum Gasteiger partial charge on any atom is 0.270 e. The Morgan fingerprint density at radius 2 is 1.82 bits per heavy atom. The number of thioether (sulfide) groups is 1. The third-order valence-corrected chi connectivity index (χ3v) is 7.61.